The Morgan fingerprint density at radius 2 is 2.00 bits per heavy atom. The lowest BCUT2D eigenvalue weighted by Crippen LogP contribution is -2.41. The summed E-state index contributed by atoms with van der Waals surface area (Å²) >= 11 is 0. The number of rotatable bonds is 6. The summed E-state index contributed by atoms with van der Waals surface area (Å²) in [6.07, 6.45) is 1.44. The second-order valence-electron chi connectivity index (χ2n) is 7.68. The van der Waals surface area contributed by atoms with Crippen LogP contribution in [-0.4, -0.2) is 57.8 Å². The summed E-state index contributed by atoms with van der Waals surface area (Å²) in [6, 6.07) is 11.9. The number of hydrogen-bond acceptors (Lipinski definition) is 5. The highest BCUT2D eigenvalue weighted by molar-refractivity contribution is 5.92. The van der Waals surface area contributed by atoms with Crippen molar-refractivity contribution in [3.8, 4) is 5.82 Å². The number of ether oxygens (including phenoxy) is 1. The van der Waals surface area contributed by atoms with Gasteiger partial charge in [0.15, 0.2) is 0 Å². The Hall–Kier alpha value is -3.13. The fourth-order valence-corrected chi connectivity index (χ4v) is 3.92. The maximum atomic E-state index is 12.7. The van der Waals surface area contributed by atoms with Crippen molar-refractivity contribution in [3.05, 3.63) is 42.1 Å². The first-order valence-corrected chi connectivity index (χ1v) is 10.4. The molecule has 0 atom stereocenters. The number of esters is 1. The number of nitrogens with one attached hydrogen (secondary N) is 2. The third-order valence-electron chi connectivity index (χ3n) is 5.42. The van der Waals surface area contributed by atoms with E-state index in [0.717, 1.165) is 35.3 Å². The zero-order valence-corrected chi connectivity index (χ0v) is 17.4. The Bertz CT molecular complexity index is 1010. The quantitative estimate of drug-likeness (QED) is 0.611. The number of H-pyrrole nitrogens is 1. The first-order chi connectivity index (χ1) is 14.5. The Kier molecular flexibility index (Phi) is 5.85. The summed E-state index contributed by atoms with van der Waals surface area (Å²) in [5.74, 6) is 1.15. The predicted octanol–water partition coefficient (Wildman–Crippen LogP) is 2.88. The van der Waals surface area contributed by atoms with Gasteiger partial charge in [-0.1, -0.05) is 18.2 Å². The van der Waals surface area contributed by atoms with Crippen molar-refractivity contribution in [1.29, 1.82) is 0 Å². The topological polar surface area (TPSA) is 92.2 Å². The van der Waals surface area contributed by atoms with Gasteiger partial charge in [0, 0.05) is 17.0 Å². The van der Waals surface area contributed by atoms with Gasteiger partial charge in [0.1, 0.15) is 11.6 Å². The summed E-state index contributed by atoms with van der Waals surface area (Å²) in [7, 11) is 0. The summed E-state index contributed by atoms with van der Waals surface area (Å²) in [4.78, 5) is 30.0. The summed E-state index contributed by atoms with van der Waals surface area (Å²) in [6.45, 7) is 5.82. The molecular formula is C22H27N5O3. The van der Waals surface area contributed by atoms with Crippen molar-refractivity contribution in [1.82, 2.24) is 19.7 Å². The van der Waals surface area contributed by atoms with Gasteiger partial charge < -0.3 is 15.0 Å². The molecule has 1 aromatic carbocycles. The number of para-hydroxylation sites is 1. The van der Waals surface area contributed by atoms with Crippen molar-refractivity contribution in [2.75, 3.05) is 31.6 Å². The highest BCUT2D eigenvalue weighted by Gasteiger charge is 2.27. The lowest BCUT2D eigenvalue weighted by atomic mass is 9.97. The Morgan fingerprint density at radius 1 is 1.23 bits per heavy atom. The van der Waals surface area contributed by atoms with Crippen LogP contribution in [0.4, 0.5) is 5.82 Å². The van der Waals surface area contributed by atoms with Crippen LogP contribution in [0.2, 0.25) is 0 Å². The molecule has 0 radical (unpaired) electrons. The van der Waals surface area contributed by atoms with Crippen LogP contribution in [0.5, 0.6) is 0 Å². The fraction of sp³-hybridized carbons (Fsp3) is 0.409. The summed E-state index contributed by atoms with van der Waals surface area (Å²) in [5, 5.41) is 8.60. The molecule has 1 fully saturated rings. The van der Waals surface area contributed by atoms with Gasteiger partial charge in [-0.3, -0.25) is 14.5 Å². The number of aromatic nitrogens is 3. The van der Waals surface area contributed by atoms with Gasteiger partial charge >= 0.3 is 5.97 Å². The fourth-order valence-electron chi connectivity index (χ4n) is 3.92. The molecule has 1 amide bonds. The van der Waals surface area contributed by atoms with E-state index in [9.17, 15) is 9.59 Å². The van der Waals surface area contributed by atoms with Crippen molar-refractivity contribution < 1.29 is 14.3 Å². The molecule has 2 aromatic heterocycles. The molecule has 8 nitrogen and oxygen atoms in total. The number of benzene rings is 1. The number of carbonyl (C=O) groups excluding carboxylic acids is 2. The second kappa shape index (κ2) is 8.71. The van der Waals surface area contributed by atoms with E-state index in [1.807, 2.05) is 50.2 Å². The number of hydrogen-bond donors (Lipinski definition) is 2. The number of likely N-dealkylation sites (tertiary alicyclic amines) is 1. The van der Waals surface area contributed by atoms with E-state index in [4.69, 9.17) is 4.74 Å². The third-order valence-corrected chi connectivity index (χ3v) is 5.42. The third kappa shape index (κ3) is 4.38. The minimum atomic E-state index is -0.126. The van der Waals surface area contributed by atoms with Gasteiger partial charge in [0.2, 0.25) is 5.91 Å². The molecular weight excluding hydrogens is 382 g/mol. The Labute approximate surface area is 175 Å². The molecule has 0 aliphatic carbocycles. The van der Waals surface area contributed by atoms with E-state index in [2.05, 4.69) is 20.3 Å². The molecule has 0 unspecified atom stereocenters. The monoisotopic (exact) mass is 409 g/mol. The van der Waals surface area contributed by atoms with Crippen molar-refractivity contribution in [3.63, 3.8) is 0 Å². The van der Waals surface area contributed by atoms with E-state index in [1.165, 1.54) is 0 Å². The molecule has 3 heterocycles. The van der Waals surface area contributed by atoms with Crippen LogP contribution >= 0.6 is 0 Å². The van der Waals surface area contributed by atoms with Crippen LogP contribution in [0.1, 0.15) is 25.5 Å². The number of fused-ring (bicyclic) bond motifs is 1. The van der Waals surface area contributed by atoms with Crippen LogP contribution < -0.4 is 5.32 Å². The molecule has 1 saturated heterocycles. The normalized spacial score (nSPS) is 15.4. The van der Waals surface area contributed by atoms with E-state index in [0.29, 0.717) is 25.5 Å². The molecule has 0 spiro atoms. The van der Waals surface area contributed by atoms with Crippen molar-refractivity contribution >= 4 is 28.6 Å². The van der Waals surface area contributed by atoms with E-state index in [1.54, 1.807) is 4.68 Å². The number of amides is 1. The number of carbonyl (C=O) groups is 2. The number of aryl methyl sites for hydroxylation is 1. The molecule has 1 aliphatic rings. The number of aromatic amines is 1. The SMILES string of the molecule is CCOC(=O)C1CCN(CC(=O)Nc2cc(C)nn2-c2cc3ccccc3[nH]2)CC1. The zero-order chi connectivity index (χ0) is 21.1. The van der Waals surface area contributed by atoms with E-state index in [-0.39, 0.29) is 24.3 Å². The van der Waals surface area contributed by atoms with Crippen LogP contribution in [0.15, 0.2) is 36.4 Å². The van der Waals surface area contributed by atoms with Gasteiger partial charge in [0.05, 0.1) is 24.8 Å². The lowest BCUT2D eigenvalue weighted by Gasteiger charge is -2.30. The van der Waals surface area contributed by atoms with Crippen LogP contribution in [-0.2, 0) is 14.3 Å². The van der Waals surface area contributed by atoms with Crippen LogP contribution in [0.3, 0.4) is 0 Å². The molecule has 158 valence electrons. The molecule has 2 N–H and O–H groups in total. The molecule has 1 aliphatic heterocycles. The Morgan fingerprint density at radius 3 is 2.73 bits per heavy atom. The average Bonchev–Trinajstić information content (AvgIpc) is 3.31. The molecule has 4 rings (SSSR count). The minimum absolute atomic E-state index is 0.0599. The predicted molar refractivity (Wildman–Crippen MR) is 115 cm³/mol. The number of nitrogens with zero attached hydrogens (tertiary/aromatic N) is 3. The first-order valence-electron chi connectivity index (χ1n) is 10.4. The first kappa shape index (κ1) is 20.2. The maximum Gasteiger partial charge on any atom is 0.309 e. The molecule has 30 heavy (non-hydrogen) atoms. The Balaban J connectivity index is 1.39. The second-order valence-corrected chi connectivity index (χ2v) is 7.68. The smallest absolute Gasteiger partial charge is 0.309 e. The number of piperidine rings is 1. The molecule has 3 aromatic rings. The summed E-state index contributed by atoms with van der Waals surface area (Å²) in [5.41, 5.74) is 1.83. The van der Waals surface area contributed by atoms with E-state index >= 15 is 0 Å². The van der Waals surface area contributed by atoms with Gasteiger partial charge in [-0.2, -0.15) is 5.10 Å². The minimum Gasteiger partial charge on any atom is -0.466 e. The van der Waals surface area contributed by atoms with Gasteiger partial charge in [-0.15, -0.1) is 0 Å². The van der Waals surface area contributed by atoms with Crippen molar-refractivity contribution in [2.24, 2.45) is 5.92 Å². The lowest BCUT2D eigenvalue weighted by molar-refractivity contribution is -0.149. The van der Waals surface area contributed by atoms with E-state index < -0.39 is 0 Å². The summed E-state index contributed by atoms with van der Waals surface area (Å²) < 4.78 is 6.83. The standard InChI is InChI=1S/C22H27N5O3/c1-3-30-22(29)16-8-10-26(11-9-16)14-21(28)24-19-12-15(2)25-27(19)20-13-17-6-4-5-7-18(17)23-20/h4-7,12-13,16,23H,3,8-11,14H2,1-2H3,(H,24,28). The highest BCUT2D eigenvalue weighted by Crippen LogP contribution is 2.22. The molecule has 0 saturated carbocycles. The van der Waals surface area contributed by atoms with Gasteiger partial charge in [-0.25, -0.2) is 4.68 Å². The van der Waals surface area contributed by atoms with Gasteiger partial charge in [0.25, 0.3) is 0 Å². The van der Waals surface area contributed by atoms with Crippen molar-refractivity contribution in [2.45, 2.75) is 26.7 Å². The van der Waals surface area contributed by atoms with Crippen LogP contribution in [0, 0.1) is 12.8 Å². The highest BCUT2D eigenvalue weighted by atomic mass is 16.5. The van der Waals surface area contributed by atoms with Gasteiger partial charge in [-0.05, 0) is 51.9 Å². The number of anilines is 1. The molecule has 0 bridgehead atoms. The zero-order valence-electron chi connectivity index (χ0n) is 17.4. The molecule has 8 heteroatoms. The maximum absolute atomic E-state index is 12.7. The van der Waals surface area contributed by atoms with Crippen LogP contribution in [0.25, 0.3) is 16.7 Å². The largest absolute Gasteiger partial charge is 0.466 e. The average molecular weight is 409 g/mol.